The maximum atomic E-state index is 8.00. The lowest BCUT2D eigenvalue weighted by Crippen LogP contribution is -2.32. The van der Waals surface area contributed by atoms with E-state index in [9.17, 15) is 0 Å². The molecule has 0 atom stereocenters. The minimum absolute atomic E-state index is 0. The Labute approximate surface area is 149 Å². The first kappa shape index (κ1) is 21.6. The molecule has 0 aromatic heterocycles. The molecular formula is C21H40O3. The van der Waals surface area contributed by atoms with E-state index in [1.807, 2.05) is 6.79 Å². The van der Waals surface area contributed by atoms with E-state index in [1.165, 1.54) is 77.0 Å². The molecule has 0 spiro atoms. The molecule has 3 rings (SSSR count). The SMILES string of the molecule is C=O.CC1CCC(OC2CCC(C3CCC(C)CC3)CC2)CC1.O. The van der Waals surface area contributed by atoms with Gasteiger partial charge in [-0.3, -0.25) is 0 Å². The first-order valence-electron chi connectivity index (χ1n) is 10.1. The number of hydrogen-bond acceptors (Lipinski definition) is 2. The van der Waals surface area contributed by atoms with Gasteiger partial charge in [0.05, 0.1) is 12.2 Å². The zero-order valence-corrected chi connectivity index (χ0v) is 16.0. The molecule has 0 unspecified atom stereocenters. The summed E-state index contributed by atoms with van der Waals surface area (Å²) in [5.74, 6) is 4.02. The van der Waals surface area contributed by atoms with Crippen molar-refractivity contribution in [2.24, 2.45) is 23.7 Å². The second kappa shape index (κ2) is 11.3. The van der Waals surface area contributed by atoms with Crippen LogP contribution >= 0.6 is 0 Å². The van der Waals surface area contributed by atoms with Crippen LogP contribution in [0, 0.1) is 23.7 Å². The second-order valence-electron chi connectivity index (χ2n) is 8.57. The Morgan fingerprint density at radius 2 is 0.875 bits per heavy atom. The molecule has 2 N–H and O–H groups in total. The average Bonchev–Trinajstić information content (AvgIpc) is 2.60. The van der Waals surface area contributed by atoms with E-state index in [2.05, 4.69) is 13.8 Å². The first-order chi connectivity index (χ1) is 11.2. The fraction of sp³-hybridized carbons (Fsp3) is 0.952. The third-order valence-electron chi connectivity index (χ3n) is 6.79. The summed E-state index contributed by atoms with van der Waals surface area (Å²) in [4.78, 5) is 8.00. The monoisotopic (exact) mass is 340 g/mol. The van der Waals surface area contributed by atoms with Crippen LogP contribution in [0.15, 0.2) is 0 Å². The molecule has 3 aliphatic rings. The Balaban J connectivity index is 0.000000925. The average molecular weight is 341 g/mol. The lowest BCUT2D eigenvalue weighted by Gasteiger charge is -2.38. The maximum Gasteiger partial charge on any atom is 0.106 e. The summed E-state index contributed by atoms with van der Waals surface area (Å²) >= 11 is 0. The van der Waals surface area contributed by atoms with Crippen molar-refractivity contribution in [3.05, 3.63) is 0 Å². The molecule has 3 fully saturated rings. The molecule has 0 heterocycles. The van der Waals surface area contributed by atoms with E-state index in [0.29, 0.717) is 12.2 Å². The normalized spacial score (nSPS) is 39.9. The largest absolute Gasteiger partial charge is 0.412 e. The van der Waals surface area contributed by atoms with E-state index >= 15 is 0 Å². The number of hydrogen-bond donors (Lipinski definition) is 0. The summed E-state index contributed by atoms with van der Waals surface area (Å²) in [6.45, 7) is 6.83. The van der Waals surface area contributed by atoms with Crippen LogP contribution in [0.25, 0.3) is 0 Å². The summed E-state index contributed by atoms with van der Waals surface area (Å²) < 4.78 is 6.43. The van der Waals surface area contributed by atoms with E-state index < -0.39 is 0 Å². The van der Waals surface area contributed by atoms with Crippen LogP contribution < -0.4 is 0 Å². The Hall–Kier alpha value is -0.410. The quantitative estimate of drug-likeness (QED) is 0.729. The maximum absolute atomic E-state index is 8.00. The van der Waals surface area contributed by atoms with Crippen molar-refractivity contribution in [3.8, 4) is 0 Å². The summed E-state index contributed by atoms with van der Waals surface area (Å²) in [6.07, 6.45) is 18.2. The van der Waals surface area contributed by atoms with Gasteiger partial charge < -0.3 is 15.0 Å². The van der Waals surface area contributed by atoms with E-state index in [-0.39, 0.29) is 5.48 Å². The first-order valence-corrected chi connectivity index (χ1v) is 10.1. The van der Waals surface area contributed by atoms with Crippen LogP contribution in [0.1, 0.15) is 90.9 Å². The molecule has 24 heavy (non-hydrogen) atoms. The highest BCUT2D eigenvalue weighted by Crippen LogP contribution is 2.41. The van der Waals surface area contributed by atoms with Gasteiger partial charge in [0.15, 0.2) is 0 Å². The Kier molecular flexibility index (Phi) is 10.1. The van der Waals surface area contributed by atoms with Gasteiger partial charge in [-0.05, 0) is 87.9 Å². The van der Waals surface area contributed by atoms with Crippen molar-refractivity contribution in [3.63, 3.8) is 0 Å². The molecule has 0 bridgehead atoms. The van der Waals surface area contributed by atoms with E-state index in [0.717, 1.165) is 23.7 Å². The van der Waals surface area contributed by atoms with Gasteiger partial charge in [-0.1, -0.05) is 26.7 Å². The van der Waals surface area contributed by atoms with Gasteiger partial charge >= 0.3 is 0 Å². The Bertz CT molecular complexity index is 309. The minimum Gasteiger partial charge on any atom is -0.412 e. The predicted octanol–water partition coefficient (Wildman–Crippen LogP) is 4.96. The van der Waals surface area contributed by atoms with Crippen LogP contribution in [-0.2, 0) is 9.53 Å². The summed E-state index contributed by atoms with van der Waals surface area (Å²) in [7, 11) is 0. The molecule has 0 amide bonds. The predicted molar refractivity (Wildman–Crippen MR) is 100 cm³/mol. The van der Waals surface area contributed by atoms with Gasteiger partial charge in [-0.2, -0.15) is 0 Å². The van der Waals surface area contributed by atoms with Crippen molar-refractivity contribution < 1.29 is 15.0 Å². The molecule has 0 saturated heterocycles. The molecule has 3 saturated carbocycles. The number of carbonyl (C=O) groups is 1. The van der Waals surface area contributed by atoms with E-state index in [4.69, 9.17) is 9.53 Å². The number of rotatable bonds is 3. The van der Waals surface area contributed by atoms with Gasteiger partial charge in [0.1, 0.15) is 6.79 Å². The van der Waals surface area contributed by atoms with Gasteiger partial charge in [0, 0.05) is 0 Å². The molecule has 0 aromatic carbocycles. The van der Waals surface area contributed by atoms with Crippen molar-refractivity contribution in [1.82, 2.24) is 0 Å². The smallest absolute Gasteiger partial charge is 0.106 e. The summed E-state index contributed by atoms with van der Waals surface area (Å²) in [6, 6.07) is 0. The number of ether oxygens (including phenoxy) is 1. The third-order valence-corrected chi connectivity index (χ3v) is 6.79. The fourth-order valence-electron chi connectivity index (χ4n) is 5.09. The van der Waals surface area contributed by atoms with Crippen LogP contribution in [-0.4, -0.2) is 24.5 Å². The lowest BCUT2D eigenvalue weighted by atomic mass is 9.71. The van der Waals surface area contributed by atoms with Crippen LogP contribution in [0.4, 0.5) is 0 Å². The van der Waals surface area contributed by atoms with Crippen LogP contribution in [0.2, 0.25) is 0 Å². The topological polar surface area (TPSA) is 57.8 Å². The highest BCUT2D eigenvalue weighted by molar-refractivity contribution is 5.11. The Morgan fingerprint density at radius 1 is 0.583 bits per heavy atom. The van der Waals surface area contributed by atoms with E-state index in [1.54, 1.807) is 0 Å². The van der Waals surface area contributed by atoms with Crippen molar-refractivity contribution >= 4 is 6.79 Å². The number of carbonyl (C=O) groups excluding carboxylic acids is 1. The fourth-order valence-corrected chi connectivity index (χ4v) is 5.09. The lowest BCUT2D eigenvalue weighted by molar-refractivity contribution is -0.0980. The van der Waals surface area contributed by atoms with Crippen molar-refractivity contribution in [2.45, 2.75) is 103 Å². The molecule has 0 radical (unpaired) electrons. The minimum atomic E-state index is 0. The third kappa shape index (κ3) is 6.48. The van der Waals surface area contributed by atoms with Gasteiger partial charge in [-0.15, -0.1) is 0 Å². The highest BCUT2D eigenvalue weighted by Gasteiger charge is 2.31. The molecule has 3 heteroatoms. The summed E-state index contributed by atoms with van der Waals surface area (Å²) in [5, 5.41) is 0. The van der Waals surface area contributed by atoms with Crippen molar-refractivity contribution in [1.29, 1.82) is 0 Å². The molecule has 0 aromatic rings. The van der Waals surface area contributed by atoms with Crippen molar-refractivity contribution in [2.75, 3.05) is 0 Å². The summed E-state index contributed by atoms with van der Waals surface area (Å²) in [5.41, 5.74) is 0. The molecule has 3 aliphatic carbocycles. The highest BCUT2D eigenvalue weighted by atomic mass is 16.5. The van der Waals surface area contributed by atoms with Gasteiger partial charge in [-0.25, -0.2) is 0 Å². The molecule has 0 aliphatic heterocycles. The standard InChI is InChI=1S/C20H36O.CH2O.H2O/c1-15-3-7-17(8-4-15)18-9-13-20(14-10-18)21-19-11-5-16(2)6-12-19;1-2;/h15-20H,3-14H2,1-2H3;1H2;1H2. The van der Waals surface area contributed by atoms with Gasteiger partial charge in [0.25, 0.3) is 0 Å². The molecule has 3 nitrogen and oxygen atoms in total. The zero-order chi connectivity index (χ0) is 16.7. The van der Waals surface area contributed by atoms with Crippen LogP contribution in [0.3, 0.4) is 0 Å². The van der Waals surface area contributed by atoms with Crippen LogP contribution in [0.5, 0.6) is 0 Å². The Morgan fingerprint density at radius 3 is 1.29 bits per heavy atom. The molecular weight excluding hydrogens is 300 g/mol. The second-order valence-corrected chi connectivity index (χ2v) is 8.57. The van der Waals surface area contributed by atoms with Gasteiger partial charge in [0.2, 0.25) is 0 Å². The molecule has 142 valence electrons. The zero-order valence-electron chi connectivity index (χ0n) is 16.0.